The third kappa shape index (κ3) is 2.88. The second kappa shape index (κ2) is 6.09. The van der Waals surface area contributed by atoms with E-state index in [-0.39, 0.29) is 6.04 Å². The SMILES string of the molecule is CCCC(CC)N1C(C#N)=CC=CC1C(=O)O. The van der Waals surface area contributed by atoms with Gasteiger partial charge in [0.2, 0.25) is 0 Å². The van der Waals surface area contributed by atoms with Gasteiger partial charge in [0.05, 0.1) is 0 Å². The number of hydrogen-bond acceptors (Lipinski definition) is 3. The number of aliphatic carboxylic acids is 1. The maximum atomic E-state index is 11.2. The molecule has 1 rings (SSSR count). The van der Waals surface area contributed by atoms with E-state index in [9.17, 15) is 9.90 Å². The normalized spacial score (nSPS) is 20.6. The van der Waals surface area contributed by atoms with Crippen molar-refractivity contribution in [2.75, 3.05) is 0 Å². The molecule has 0 saturated carbocycles. The van der Waals surface area contributed by atoms with Gasteiger partial charge in [-0.3, -0.25) is 0 Å². The molecule has 1 aliphatic rings. The number of carboxylic acids is 1. The van der Waals surface area contributed by atoms with Crippen molar-refractivity contribution in [3.8, 4) is 6.07 Å². The van der Waals surface area contributed by atoms with Crippen molar-refractivity contribution in [1.29, 1.82) is 5.26 Å². The molecule has 1 aliphatic heterocycles. The summed E-state index contributed by atoms with van der Waals surface area (Å²) in [6, 6.07) is 1.48. The van der Waals surface area contributed by atoms with Crippen LogP contribution in [-0.2, 0) is 4.79 Å². The zero-order valence-electron chi connectivity index (χ0n) is 10.3. The lowest BCUT2D eigenvalue weighted by atomic mass is 10.0. The second-order valence-corrected chi connectivity index (χ2v) is 4.09. The molecule has 0 spiro atoms. The molecule has 1 heterocycles. The van der Waals surface area contributed by atoms with Gasteiger partial charge >= 0.3 is 5.97 Å². The highest BCUT2D eigenvalue weighted by Crippen LogP contribution is 2.24. The number of rotatable bonds is 5. The molecule has 0 fully saturated rings. The zero-order valence-corrected chi connectivity index (χ0v) is 10.3. The Balaban J connectivity index is 3.03. The largest absolute Gasteiger partial charge is 0.479 e. The monoisotopic (exact) mass is 234 g/mol. The van der Waals surface area contributed by atoms with Crippen molar-refractivity contribution in [3.05, 3.63) is 23.9 Å². The molecule has 0 bridgehead atoms. The van der Waals surface area contributed by atoms with E-state index in [1.165, 1.54) is 0 Å². The maximum Gasteiger partial charge on any atom is 0.330 e. The molecule has 0 aromatic heterocycles. The lowest BCUT2D eigenvalue weighted by molar-refractivity contribution is -0.141. The fraction of sp³-hybridized carbons (Fsp3) is 0.538. The molecule has 0 radical (unpaired) electrons. The minimum absolute atomic E-state index is 0.108. The van der Waals surface area contributed by atoms with E-state index in [0.717, 1.165) is 19.3 Å². The number of carboxylic acid groups (broad SMARTS) is 1. The van der Waals surface area contributed by atoms with Gasteiger partial charge in [-0.2, -0.15) is 5.26 Å². The van der Waals surface area contributed by atoms with Crippen LogP contribution in [0.25, 0.3) is 0 Å². The highest BCUT2D eigenvalue weighted by Gasteiger charge is 2.31. The predicted octanol–water partition coefficient (Wildman–Crippen LogP) is 2.30. The Kier molecular flexibility index (Phi) is 4.77. The predicted molar refractivity (Wildman–Crippen MR) is 65.1 cm³/mol. The van der Waals surface area contributed by atoms with Crippen LogP contribution in [0.1, 0.15) is 33.1 Å². The zero-order chi connectivity index (χ0) is 12.8. The first kappa shape index (κ1) is 13.3. The molecule has 1 N–H and O–H groups in total. The summed E-state index contributed by atoms with van der Waals surface area (Å²) in [5, 5.41) is 18.3. The van der Waals surface area contributed by atoms with Crippen molar-refractivity contribution < 1.29 is 9.90 Å². The molecule has 4 heteroatoms. The van der Waals surface area contributed by atoms with E-state index in [4.69, 9.17) is 5.26 Å². The molecular weight excluding hydrogens is 216 g/mol. The lowest BCUT2D eigenvalue weighted by Gasteiger charge is -2.37. The minimum atomic E-state index is -0.906. The van der Waals surface area contributed by atoms with Gasteiger partial charge in [0, 0.05) is 6.04 Å². The number of carbonyl (C=O) groups is 1. The van der Waals surface area contributed by atoms with Crippen LogP contribution in [0.15, 0.2) is 23.9 Å². The number of hydrogen-bond donors (Lipinski definition) is 1. The summed E-state index contributed by atoms with van der Waals surface area (Å²) in [6.07, 6.45) is 7.66. The Morgan fingerprint density at radius 2 is 2.35 bits per heavy atom. The van der Waals surface area contributed by atoms with Crippen molar-refractivity contribution >= 4 is 5.97 Å². The molecule has 0 saturated heterocycles. The van der Waals surface area contributed by atoms with E-state index in [1.807, 2.05) is 6.92 Å². The summed E-state index contributed by atoms with van der Waals surface area (Å²) in [7, 11) is 0. The van der Waals surface area contributed by atoms with Crippen molar-refractivity contribution in [3.63, 3.8) is 0 Å². The molecule has 17 heavy (non-hydrogen) atoms. The quantitative estimate of drug-likeness (QED) is 0.792. The number of allylic oxidation sites excluding steroid dienone is 3. The van der Waals surface area contributed by atoms with Crippen molar-refractivity contribution in [2.24, 2.45) is 0 Å². The van der Waals surface area contributed by atoms with E-state index in [0.29, 0.717) is 5.70 Å². The first-order valence-corrected chi connectivity index (χ1v) is 5.95. The topological polar surface area (TPSA) is 64.3 Å². The van der Waals surface area contributed by atoms with Crippen LogP contribution in [0, 0.1) is 11.3 Å². The third-order valence-corrected chi connectivity index (χ3v) is 2.98. The van der Waals surface area contributed by atoms with E-state index < -0.39 is 12.0 Å². The summed E-state index contributed by atoms with van der Waals surface area (Å²) in [6.45, 7) is 4.08. The van der Waals surface area contributed by atoms with E-state index in [2.05, 4.69) is 13.0 Å². The summed E-state index contributed by atoms with van der Waals surface area (Å²) < 4.78 is 0. The fourth-order valence-electron chi connectivity index (χ4n) is 2.17. The first-order valence-electron chi connectivity index (χ1n) is 5.95. The van der Waals surface area contributed by atoms with Crippen LogP contribution in [0.2, 0.25) is 0 Å². The molecule has 4 nitrogen and oxygen atoms in total. The van der Waals surface area contributed by atoms with Crippen LogP contribution in [-0.4, -0.2) is 28.1 Å². The van der Waals surface area contributed by atoms with Gasteiger partial charge in [0.1, 0.15) is 17.8 Å². The summed E-state index contributed by atoms with van der Waals surface area (Å²) in [5.74, 6) is -0.906. The van der Waals surface area contributed by atoms with Crippen LogP contribution in [0.3, 0.4) is 0 Å². The van der Waals surface area contributed by atoms with Gasteiger partial charge in [-0.25, -0.2) is 4.79 Å². The maximum absolute atomic E-state index is 11.2. The van der Waals surface area contributed by atoms with Crippen LogP contribution < -0.4 is 0 Å². The van der Waals surface area contributed by atoms with Crippen molar-refractivity contribution in [2.45, 2.75) is 45.2 Å². The number of nitriles is 1. The Morgan fingerprint density at radius 1 is 1.65 bits per heavy atom. The van der Waals surface area contributed by atoms with Crippen molar-refractivity contribution in [1.82, 2.24) is 4.90 Å². The van der Waals surface area contributed by atoms with Crippen LogP contribution in [0.5, 0.6) is 0 Å². The number of nitrogens with zero attached hydrogens (tertiary/aromatic N) is 2. The highest BCUT2D eigenvalue weighted by molar-refractivity contribution is 5.77. The Labute approximate surface area is 102 Å². The Bertz CT molecular complexity index is 379. The molecular formula is C13H18N2O2. The average Bonchev–Trinajstić information content (AvgIpc) is 2.35. The van der Waals surface area contributed by atoms with E-state index in [1.54, 1.807) is 23.1 Å². The Morgan fingerprint density at radius 3 is 2.82 bits per heavy atom. The van der Waals surface area contributed by atoms with Gasteiger partial charge in [0.25, 0.3) is 0 Å². The molecule has 0 amide bonds. The summed E-state index contributed by atoms with van der Waals surface area (Å²) in [4.78, 5) is 12.9. The second-order valence-electron chi connectivity index (χ2n) is 4.09. The van der Waals surface area contributed by atoms with Gasteiger partial charge in [-0.15, -0.1) is 0 Å². The van der Waals surface area contributed by atoms with Crippen LogP contribution in [0.4, 0.5) is 0 Å². The highest BCUT2D eigenvalue weighted by atomic mass is 16.4. The molecule has 92 valence electrons. The van der Waals surface area contributed by atoms with Crippen LogP contribution >= 0.6 is 0 Å². The van der Waals surface area contributed by atoms with E-state index >= 15 is 0 Å². The minimum Gasteiger partial charge on any atom is -0.479 e. The smallest absolute Gasteiger partial charge is 0.330 e. The molecule has 0 aromatic carbocycles. The molecule has 2 atom stereocenters. The van der Waals surface area contributed by atoms with Gasteiger partial charge in [0.15, 0.2) is 0 Å². The summed E-state index contributed by atoms with van der Waals surface area (Å²) in [5.41, 5.74) is 0.445. The molecule has 0 aliphatic carbocycles. The fourth-order valence-corrected chi connectivity index (χ4v) is 2.17. The van der Waals surface area contributed by atoms with Gasteiger partial charge in [-0.05, 0) is 18.9 Å². The van der Waals surface area contributed by atoms with Gasteiger partial charge in [-0.1, -0.05) is 32.4 Å². The van der Waals surface area contributed by atoms with Gasteiger partial charge < -0.3 is 10.0 Å². The Hall–Kier alpha value is -1.76. The lowest BCUT2D eigenvalue weighted by Crippen LogP contribution is -2.46. The summed E-state index contributed by atoms with van der Waals surface area (Å²) >= 11 is 0. The third-order valence-electron chi connectivity index (χ3n) is 2.98. The molecule has 0 aromatic rings. The standard InChI is InChI=1S/C13H18N2O2/c1-3-6-10(4-2)15-11(9-14)7-5-8-12(15)13(16)17/h5,7-8,10,12H,3-4,6H2,1-2H3,(H,16,17). The average molecular weight is 234 g/mol. The molecule has 2 unspecified atom stereocenters. The first-order chi connectivity index (χ1) is 8.15.